The van der Waals surface area contributed by atoms with E-state index in [2.05, 4.69) is 57.7 Å². The minimum atomic E-state index is -1.66. The van der Waals surface area contributed by atoms with Crippen LogP contribution in [0.3, 0.4) is 0 Å². The number of alkyl halides is 1. The predicted octanol–water partition coefficient (Wildman–Crippen LogP) is 6.53. The number of rotatable bonds is 13. The van der Waals surface area contributed by atoms with Crippen LogP contribution in [-0.4, -0.2) is 243 Å². The van der Waals surface area contributed by atoms with Crippen LogP contribution in [0, 0.1) is 47.3 Å². The van der Waals surface area contributed by atoms with E-state index in [1.54, 1.807) is 32.7 Å². The Hall–Kier alpha value is -5.63. The second-order valence-electron chi connectivity index (χ2n) is 32.1. The molecule has 560 valence electrons. The third-order valence-electron chi connectivity index (χ3n) is 23.1. The summed E-state index contributed by atoms with van der Waals surface area (Å²) in [6.45, 7) is 18.8. The van der Waals surface area contributed by atoms with Crippen LogP contribution in [0.15, 0.2) is 0 Å². The van der Waals surface area contributed by atoms with E-state index in [1.807, 2.05) is 34.6 Å². The molecule has 3 saturated carbocycles. The highest BCUT2D eigenvalue weighted by molar-refractivity contribution is 14.1. The number of hydrogen-bond acceptors (Lipinski definition) is 12. The Labute approximate surface area is 605 Å². The van der Waals surface area contributed by atoms with Gasteiger partial charge in [0.15, 0.2) is 0 Å². The molecule has 25 heteroatoms. The van der Waals surface area contributed by atoms with Crippen LogP contribution in [0.5, 0.6) is 0 Å². The molecular weight excluding hydrogens is 1380 g/mol. The van der Waals surface area contributed by atoms with Crippen LogP contribution in [0.1, 0.15) is 217 Å². The molecule has 3 heterocycles. The fourth-order valence-corrected chi connectivity index (χ4v) is 16.8. The first-order chi connectivity index (χ1) is 46.6. The second-order valence-corrected chi connectivity index (χ2v) is 33.9. The molecule has 99 heavy (non-hydrogen) atoms. The Balaban J connectivity index is 1.43. The van der Waals surface area contributed by atoms with E-state index in [1.165, 1.54) is 69.5 Å². The summed E-state index contributed by atoms with van der Waals surface area (Å²) < 4.78 is 0.350. The van der Waals surface area contributed by atoms with Crippen LogP contribution in [-0.2, 0) is 57.5 Å². The van der Waals surface area contributed by atoms with Crippen LogP contribution in [0.4, 0.5) is 0 Å². The number of nitrogens with one attached hydrogen (secondary N) is 4. The van der Waals surface area contributed by atoms with Gasteiger partial charge in [0.25, 0.3) is 0 Å². The fraction of sp³-hybridized carbons (Fsp3) is 0.838. The van der Waals surface area contributed by atoms with Crippen molar-refractivity contribution in [3.8, 4) is 0 Å². The average molecular weight is 1500 g/mol. The standard InChI is InChI=1S/C74H125IN12O12/c1-17-48(7)64-72(98)81(12)44-63(90)87-35-32-57(87)70(96)84(15)59(40-50-30-28-47(6)29-31-50)69(95)80(11)43-61(88)76-54(39-51-25-23-27-53(75)38-51)65(91)77-56(41-52-26-20-19-24-49(52)8)68(94)85(16)74(9,10)73(99)78-55(36-45(2)3)67(93)83(14)60(71(97)86-33-21-18-22-34-86)42-62(89)82(13)58(37-46(4)5)66(92)79-64/h45-60,64H,17-44H2,1-16H3,(H,76,88)(H,77,91)(H,78,99)(H,79,92)/t47?,48-,49?,50?,51?,52?,53?,54-,55-,56-,57-,58-,59-,60-,64-/m0/s1. The number of carbonyl (C=O) groups excluding carboxylic acids is 12. The first-order valence-corrected chi connectivity index (χ1v) is 38.8. The van der Waals surface area contributed by atoms with Gasteiger partial charge in [-0.3, -0.25) is 57.5 Å². The number of likely N-dealkylation sites (tertiary alicyclic amines) is 1. The van der Waals surface area contributed by atoms with Gasteiger partial charge in [-0.1, -0.05) is 149 Å². The van der Waals surface area contributed by atoms with Gasteiger partial charge in [0, 0.05) is 65.8 Å². The SMILES string of the molecule is CC[C@H](C)[C@@H]1NC(=O)[C@H](CC(C)C)N(C)C(=O)C[C@@H](C(=O)N2CCCCC2)N(C)C(=O)[C@H](CC(C)C)NC(=O)C(C)(C)N(C)C(=O)[C@H](CC2CCCCC2C)NC(=O)[C@H](CC2CCCC(I)C2)NC(=O)CN(C)C(=O)[C@H](CC2CCC(C)CC2)N(C)C(=O)[C@@H]2CCN2C(=O)CN(C)C1=O. The van der Waals surface area contributed by atoms with Gasteiger partial charge in [-0.25, -0.2) is 0 Å². The Morgan fingerprint density at radius 3 is 1.78 bits per heavy atom. The Morgan fingerprint density at radius 2 is 1.18 bits per heavy atom. The molecular formula is C74H125IN12O12. The molecule has 4 unspecified atom stereocenters. The maximum absolute atomic E-state index is 15.5. The molecule has 3 saturated heterocycles. The smallest absolute Gasteiger partial charge is 0.246 e. The van der Waals surface area contributed by atoms with Crippen molar-refractivity contribution in [2.24, 2.45) is 47.3 Å². The van der Waals surface area contributed by atoms with E-state index in [4.69, 9.17) is 0 Å². The number of amides is 12. The summed E-state index contributed by atoms with van der Waals surface area (Å²) in [5.74, 6) is -6.72. The van der Waals surface area contributed by atoms with Gasteiger partial charge in [-0.2, -0.15) is 0 Å². The van der Waals surface area contributed by atoms with E-state index in [0.717, 1.165) is 83.5 Å². The van der Waals surface area contributed by atoms with Crippen molar-refractivity contribution in [2.45, 2.75) is 275 Å². The minimum absolute atomic E-state index is 0.0289. The zero-order valence-corrected chi connectivity index (χ0v) is 65.1. The molecule has 0 radical (unpaired) electrons. The van der Waals surface area contributed by atoms with Crippen molar-refractivity contribution >= 4 is 93.5 Å². The van der Waals surface area contributed by atoms with E-state index >= 15 is 28.8 Å². The largest absolute Gasteiger partial charge is 0.343 e. The summed E-state index contributed by atoms with van der Waals surface area (Å²) >= 11 is 2.44. The van der Waals surface area contributed by atoms with E-state index in [-0.39, 0.29) is 67.7 Å². The normalized spacial score (nSPS) is 31.9. The lowest BCUT2D eigenvalue weighted by Gasteiger charge is -2.44. The first-order valence-electron chi connectivity index (χ1n) is 37.6. The molecule has 0 aromatic heterocycles. The maximum atomic E-state index is 15.5. The molecule has 4 N–H and O–H groups in total. The number of hydrogen-bond donors (Lipinski definition) is 4. The lowest BCUT2D eigenvalue weighted by Crippen LogP contribution is -2.64. The van der Waals surface area contributed by atoms with Crippen molar-refractivity contribution in [2.75, 3.05) is 75.0 Å². The highest BCUT2D eigenvalue weighted by atomic mass is 127. The molecule has 3 aliphatic carbocycles. The van der Waals surface area contributed by atoms with Gasteiger partial charge in [0.1, 0.15) is 53.9 Å². The summed E-state index contributed by atoms with van der Waals surface area (Å²) in [6.07, 6.45) is 14.5. The van der Waals surface area contributed by atoms with Crippen LogP contribution in [0.2, 0.25) is 0 Å². The minimum Gasteiger partial charge on any atom is -0.343 e. The third-order valence-corrected chi connectivity index (χ3v) is 24.2. The number of likely N-dealkylation sites (N-methyl/N-ethyl adjacent to an activating group) is 6. The molecule has 13 atom stereocenters. The van der Waals surface area contributed by atoms with E-state index < -0.39 is 150 Å². The molecule has 0 aromatic rings. The Bertz CT molecular complexity index is 2830. The van der Waals surface area contributed by atoms with Gasteiger partial charge in [0.05, 0.1) is 19.5 Å². The zero-order chi connectivity index (χ0) is 73.5. The molecule has 24 nitrogen and oxygen atoms in total. The molecule has 0 bridgehead atoms. The van der Waals surface area contributed by atoms with Gasteiger partial charge in [0.2, 0.25) is 70.9 Å². The summed E-state index contributed by atoms with van der Waals surface area (Å²) in [5, 5.41) is 12.0. The molecule has 0 spiro atoms. The fourth-order valence-electron chi connectivity index (χ4n) is 15.7. The summed E-state index contributed by atoms with van der Waals surface area (Å²) in [5.41, 5.74) is -1.66. The number of halogens is 1. The third kappa shape index (κ3) is 22.2. The molecule has 12 amide bonds. The lowest BCUT2D eigenvalue weighted by atomic mass is 9.77. The van der Waals surface area contributed by atoms with Crippen LogP contribution >= 0.6 is 22.6 Å². The number of piperidine rings is 1. The Kier molecular flexibility index (Phi) is 31.2. The highest BCUT2D eigenvalue weighted by Crippen LogP contribution is 2.37. The van der Waals surface area contributed by atoms with Crippen LogP contribution < -0.4 is 21.3 Å². The van der Waals surface area contributed by atoms with Crippen molar-refractivity contribution in [1.82, 2.24) is 60.5 Å². The maximum Gasteiger partial charge on any atom is 0.246 e. The van der Waals surface area contributed by atoms with Gasteiger partial charge in [-0.15, -0.1) is 0 Å². The van der Waals surface area contributed by atoms with E-state index in [0.29, 0.717) is 55.0 Å². The zero-order valence-electron chi connectivity index (χ0n) is 63.0. The molecule has 6 aliphatic rings. The quantitative estimate of drug-likeness (QED) is 0.113. The monoisotopic (exact) mass is 1500 g/mol. The van der Waals surface area contributed by atoms with E-state index in [9.17, 15) is 28.8 Å². The van der Waals surface area contributed by atoms with Crippen molar-refractivity contribution in [3.05, 3.63) is 0 Å². The van der Waals surface area contributed by atoms with Gasteiger partial charge >= 0.3 is 0 Å². The average Bonchev–Trinajstić information content (AvgIpc) is 0.803. The van der Waals surface area contributed by atoms with Gasteiger partial charge < -0.3 is 60.5 Å². The summed E-state index contributed by atoms with van der Waals surface area (Å²) in [4.78, 5) is 190. The number of nitrogens with zero attached hydrogens (tertiary/aromatic N) is 8. The molecule has 6 rings (SSSR count). The van der Waals surface area contributed by atoms with Gasteiger partial charge in [-0.05, 0) is 132 Å². The summed E-state index contributed by atoms with van der Waals surface area (Å²) in [6, 6.07) is -9.18. The van der Waals surface area contributed by atoms with Crippen LogP contribution in [0.25, 0.3) is 0 Å². The second kappa shape index (κ2) is 37.5. The number of fused-ring (bicyclic) bond motifs is 1. The van der Waals surface area contributed by atoms with Crippen molar-refractivity contribution in [3.63, 3.8) is 0 Å². The topological polar surface area (TPSA) is 279 Å². The van der Waals surface area contributed by atoms with Crippen molar-refractivity contribution in [1.29, 1.82) is 0 Å². The Morgan fingerprint density at radius 1 is 0.545 bits per heavy atom. The lowest BCUT2D eigenvalue weighted by molar-refractivity contribution is -0.158. The molecule has 3 aliphatic heterocycles. The predicted molar refractivity (Wildman–Crippen MR) is 389 cm³/mol. The first kappa shape index (κ1) is 82.3. The molecule has 0 aromatic carbocycles. The molecule has 6 fully saturated rings. The number of carbonyl (C=O) groups is 12. The van der Waals surface area contributed by atoms with Crippen molar-refractivity contribution < 1.29 is 57.5 Å². The summed E-state index contributed by atoms with van der Waals surface area (Å²) in [7, 11) is 8.93. The highest BCUT2D eigenvalue weighted by Gasteiger charge is 2.47.